The predicted molar refractivity (Wildman–Crippen MR) is 43.3 cm³/mol. The van der Waals surface area contributed by atoms with E-state index in [4.69, 9.17) is 11.5 Å². The number of terminal acetylenes is 1. The number of carbonyl (C=O) groups excluding carboxylic acids is 1. The highest BCUT2D eigenvalue weighted by molar-refractivity contribution is 6.33. The summed E-state index contributed by atoms with van der Waals surface area (Å²) in [6.45, 7) is 0.276. The highest BCUT2D eigenvalue weighted by Gasteiger charge is 2.23. The van der Waals surface area contributed by atoms with Crippen LogP contribution in [-0.4, -0.2) is 48.5 Å². The summed E-state index contributed by atoms with van der Waals surface area (Å²) in [7, 11) is 3.42. The van der Waals surface area contributed by atoms with Gasteiger partial charge in [0.05, 0.1) is 14.1 Å². The normalized spacial score (nSPS) is 9.62. The zero-order chi connectivity index (χ0) is 9.78. The van der Waals surface area contributed by atoms with Crippen LogP contribution in [0.5, 0.6) is 0 Å². The lowest BCUT2D eigenvalue weighted by Gasteiger charge is -2.25. The first-order chi connectivity index (χ1) is 5.39. The molecule has 0 saturated heterocycles. The van der Waals surface area contributed by atoms with Gasteiger partial charge in [0.1, 0.15) is 6.54 Å². The number of nitrogens with zero attached hydrogens (tertiary/aromatic N) is 1. The van der Waals surface area contributed by atoms with Crippen molar-refractivity contribution in [2.24, 2.45) is 0 Å². The standard InChI is InChI=1S/C8H11NO3.BrH/c1-4-5-9(2,3)6-7(10)8(11)12;/h1H,5-6H2,2-3H3;1H. The van der Waals surface area contributed by atoms with Gasteiger partial charge in [-0.1, -0.05) is 0 Å². The molecule has 0 rings (SSSR count). The Bertz CT molecular complexity index is 242. The molecular weight excluding hydrogens is 238 g/mol. The molecule has 0 heterocycles. The van der Waals surface area contributed by atoms with Crippen LogP contribution in [0.1, 0.15) is 0 Å². The summed E-state index contributed by atoms with van der Waals surface area (Å²) in [5.41, 5.74) is 0. The molecule has 0 aliphatic carbocycles. The molecule has 4 nitrogen and oxygen atoms in total. The number of hydrogen-bond acceptors (Lipinski definition) is 2. The third-order valence-corrected chi connectivity index (χ3v) is 1.33. The van der Waals surface area contributed by atoms with Gasteiger partial charge in [-0.05, 0) is 5.92 Å². The molecule has 0 bridgehead atoms. The lowest BCUT2D eigenvalue weighted by molar-refractivity contribution is -0.874. The second kappa shape index (κ2) is 5.73. The number of halogens is 1. The molecule has 0 amide bonds. The van der Waals surface area contributed by atoms with Crippen LogP contribution in [0.2, 0.25) is 0 Å². The Labute approximate surface area is 87.9 Å². The van der Waals surface area contributed by atoms with Crippen molar-refractivity contribution in [1.29, 1.82) is 0 Å². The Kier molecular flexibility index (Phi) is 6.46. The molecule has 0 atom stereocenters. The smallest absolute Gasteiger partial charge is 0.378 e. The summed E-state index contributed by atoms with van der Waals surface area (Å²) in [5.74, 6) is 0.165. The van der Waals surface area contributed by atoms with Gasteiger partial charge in [0.2, 0.25) is 0 Å². The van der Waals surface area contributed by atoms with Crippen LogP contribution in [0, 0.1) is 12.3 Å². The number of quaternary nitrogens is 1. The summed E-state index contributed by atoms with van der Waals surface area (Å²) >= 11 is 0. The monoisotopic (exact) mass is 249 g/mol. The molecule has 0 aliphatic rings. The minimum absolute atomic E-state index is 0. The quantitative estimate of drug-likeness (QED) is 0.318. The van der Waals surface area contributed by atoms with Crippen LogP contribution in [-0.2, 0) is 9.59 Å². The molecule has 74 valence electrons. The van der Waals surface area contributed by atoms with Gasteiger partial charge in [0.15, 0.2) is 6.54 Å². The van der Waals surface area contributed by atoms with E-state index in [2.05, 4.69) is 5.92 Å². The first-order valence-corrected chi connectivity index (χ1v) is 3.40. The van der Waals surface area contributed by atoms with Crippen LogP contribution >= 0.6 is 0 Å². The molecule has 0 aromatic carbocycles. The maximum Gasteiger partial charge on any atom is 0.378 e. The van der Waals surface area contributed by atoms with E-state index >= 15 is 0 Å². The third kappa shape index (κ3) is 6.31. The number of aliphatic carboxylic acids is 1. The number of Topliss-reactive ketones (excluding diaryl/α,β-unsaturated/α-hetero) is 1. The maximum atomic E-state index is 10.7. The molecular formula is C8H12BrNO3. The van der Waals surface area contributed by atoms with Crippen LogP contribution in [0.3, 0.4) is 0 Å². The summed E-state index contributed by atoms with van der Waals surface area (Å²) in [5, 5.41) is 8.30. The molecule has 0 saturated carbocycles. The summed E-state index contributed by atoms with van der Waals surface area (Å²) < 4.78 is 0.210. The minimum Gasteiger partial charge on any atom is -1.00 e. The van der Waals surface area contributed by atoms with Gasteiger partial charge in [-0.2, -0.15) is 0 Å². The second-order valence-corrected chi connectivity index (χ2v) is 3.18. The Balaban J connectivity index is 0. The van der Waals surface area contributed by atoms with Gasteiger partial charge in [-0.25, -0.2) is 4.79 Å². The fourth-order valence-electron chi connectivity index (χ4n) is 0.759. The molecule has 0 unspecified atom stereocenters. The Hall–Kier alpha value is -0.860. The number of carboxylic acids is 1. The minimum atomic E-state index is -1.40. The molecule has 13 heavy (non-hydrogen) atoms. The highest BCUT2D eigenvalue weighted by Crippen LogP contribution is 1.95. The highest BCUT2D eigenvalue weighted by atomic mass is 79.9. The number of likely N-dealkylation sites (N-methyl/N-ethyl adjacent to an activating group) is 1. The average molecular weight is 250 g/mol. The van der Waals surface area contributed by atoms with Crippen LogP contribution in [0.15, 0.2) is 0 Å². The van der Waals surface area contributed by atoms with Crippen molar-refractivity contribution in [1.82, 2.24) is 0 Å². The maximum absolute atomic E-state index is 10.7. The van der Waals surface area contributed by atoms with Gasteiger partial charge in [0.25, 0.3) is 5.78 Å². The van der Waals surface area contributed by atoms with E-state index < -0.39 is 11.8 Å². The van der Waals surface area contributed by atoms with E-state index in [0.717, 1.165) is 0 Å². The second-order valence-electron chi connectivity index (χ2n) is 3.18. The lowest BCUT2D eigenvalue weighted by atomic mass is 10.3. The van der Waals surface area contributed by atoms with E-state index in [1.165, 1.54) is 0 Å². The number of carboxylic acid groups (broad SMARTS) is 1. The molecule has 0 radical (unpaired) electrons. The topological polar surface area (TPSA) is 54.4 Å². The van der Waals surface area contributed by atoms with Crippen molar-refractivity contribution in [2.75, 3.05) is 27.2 Å². The van der Waals surface area contributed by atoms with Crippen molar-refractivity contribution in [3.63, 3.8) is 0 Å². The molecule has 0 aromatic heterocycles. The van der Waals surface area contributed by atoms with Gasteiger partial charge in [-0.3, -0.25) is 4.79 Å². The molecule has 0 spiro atoms. The number of rotatable bonds is 4. The average Bonchev–Trinajstić information content (AvgIpc) is 1.85. The molecule has 1 N–H and O–H groups in total. The van der Waals surface area contributed by atoms with E-state index in [0.29, 0.717) is 6.54 Å². The van der Waals surface area contributed by atoms with E-state index in [9.17, 15) is 9.59 Å². The number of carbonyl (C=O) groups is 2. The zero-order valence-electron chi connectivity index (χ0n) is 7.58. The number of ketones is 1. The molecule has 0 aliphatic heterocycles. The fourth-order valence-corrected chi connectivity index (χ4v) is 0.759. The first kappa shape index (κ1) is 14.7. The van der Waals surface area contributed by atoms with Crippen LogP contribution in [0.4, 0.5) is 0 Å². The SMILES string of the molecule is C#CC[N+](C)(C)CC(=O)C(=O)O.[Br-]. The van der Waals surface area contributed by atoms with Gasteiger partial charge in [0, 0.05) is 0 Å². The van der Waals surface area contributed by atoms with Crippen molar-refractivity contribution >= 4 is 11.8 Å². The van der Waals surface area contributed by atoms with Gasteiger partial charge >= 0.3 is 5.97 Å². The van der Waals surface area contributed by atoms with Crippen LogP contribution < -0.4 is 17.0 Å². The van der Waals surface area contributed by atoms with Crippen molar-refractivity contribution in [3.8, 4) is 12.3 Å². The van der Waals surface area contributed by atoms with Crippen molar-refractivity contribution < 1.29 is 36.2 Å². The lowest BCUT2D eigenvalue weighted by Crippen LogP contribution is -3.00. The largest absolute Gasteiger partial charge is 1.00 e. The van der Waals surface area contributed by atoms with Gasteiger partial charge in [-0.15, -0.1) is 6.42 Å². The number of hydrogen-bond donors (Lipinski definition) is 1. The van der Waals surface area contributed by atoms with Crippen molar-refractivity contribution in [2.45, 2.75) is 0 Å². The van der Waals surface area contributed by atoms with Crippen LogP contribution in [0.25, 0.3) is 0 Å². The van der Waals surface area contributed by atoms with E-state index in [1.807, 2.05) is 0 Å². The first-order valence-electron chi connectivity index (χ1n) is 3.40. The predicted octanol–water partition coefficient (Wildman–Crippen LogP) is -3.65. The Morgan fingerprint density at radius 3 is 2.23 bits per heavy atom. The zero-order valence-corrected chi connectivity index (χ0v) is 9.17. The third-order valence-electron chi connectivity index (χ3n) is 1.33. The summed E-state index contributed by atoms with van der Waals surface area (Å²) in [4.78, 5) is 20.9. The molecule has 5 heteroatoms. The van der Waals surface area contributed by atoms with Gasteiger partial charge < -0.3 is 26.6 Å². The van der Waals surface area contributed by atoms with Crippen molar-refractivity contribution in [3.05, 3.63) is 0 Å². The summed E-state index contributed by atoms with van der Waals surface area (Å²) in [6, 6.07) is 0. The molecule has 0 fully saturated rings. The fraction of sp³-hybridized carbons (Fsp3) is 0.500. The Morgan fingerprint density at radius 2 is 1.92 bits per heavy atom. The van der Waals surface area contributed by atoms with E-state index in [-0.39, 0.29) is 28.0 Å². The van der Waals surface area contributed by atoms with E-state index in [1.54, 1.807) is 14.1 Å². The molecule has 0 aromatic rings. The Morgan fingerprint density at radius 1 is 1.46 bits per heavy atom. The summed E-state index contributed by atoms with van der Waals surface area (Å²) in [6.07, 6.45) is 5.04.